The molecule has 8 nitrogen and oxygen atoms in total. The molecule has 114 valence electrons. The number of nitrogens with zero attached hydrogens (tertiary/aromatic N) is 1. The number of anilines is 3. The molecule has 0 aliphatic carbocycles. The first kappa shape index (κ1) is 15.1. The SMILES string of the molecule is Cc1ccc(Nc2ccc([N+](=O)[O-])cc2N)c(OC(=O)O)c1. The normalized spacial score (nSPS) is 10.0. The van der Waals surface area contributed by atoms with Crippen LogP contribution in [0, 0.1) is 17.0 Å². The van der Waals surface area contributed by atoms with Crippen LogP contribution in [0.25, 0.3) is 0 Å². The molecule has 0 atom stereocenters. The highest BCUT2D eigenvalue weighted by atomic mass is 16.7. The lowest BCUT2D eigenvalue weighted by Gasteiger charge is -2.13. The van der Waals surface area contributed by atoms with Crippen LogP contribution in [0.2, 0.25) is 0 Å². The largest absolute Gasteiger partial charge is 0.511 e. The quantitative estimate of drug-likeness (QED) is 0.260. The van der Waals surface area contributed by atoms with E-state index in [1.807, 2.05) is 0 Å². The Morgan fingerprint density at radius 2 is 1.95 bits per heavy atom. The number of non-ortho nitro benzene ring substituents is 1. The van der Waals surface area contributed by atoms with E-state index in [0.29, 0.717) is 11.4 Å². The lowest BCUT2D eigenvalue weighted by molar-refractivity contribution is -0.384. The first-order valence-electron chi connectivity index (χ1n) is 6.19. The number of hydrogen-bond donors (Lipinski definition) is 3. The van der Waals surface area contributed by atoms with Gasteiger partial charge in [-0.3, -0.25) is 10.1 Å². The molecular weight excluding hydrogens is 290 g/mol. The monoisotopic (exact) mass is 303 g/mol. The van der Waals surface area contributed by atoms with Crippen LogP contribution in [0.5, 0.6) is 5.75 Å². The van der Waals surface area contributed by atoms with E-state index in [1.54, 1.807) is 25.1 Å². The fourth-order valence-electron chi connectivity index (χ4n) is 1.83. The summed E-state index contributed by atoms with van der Waals surface area (Å²) < 4.78 is 4.71. The molecule has 0 heterocycles. The predicted octanol–water partition coefficient (Wildman–Crippen LogP) is 3.29. The molecule has 2 aromatic carbocycles. The van der Waals surface area contributed by atoms with Gasteiger partial charge in [-0.25, -0.2) is 4.79 Å². The van der Waals surface area contributed by atoms with Gasteiger partial charge < -0.3 is 20.9 Å². The van der Waals surface area contributed by atoms with Crippen LogP contribution in [0.1, 0.15) is 5.56 Å². The third kappa shape index (κ3) is 3.42. The van der Waals surface area contributed by atoms with Gasteiger partial charge in [0.25, 0.3) is 5.69 Å². The van der Waals surface area contributed by atoms with Gasteiger partial charge in [-0.1, -0.05) is 6.07 Å². The summed E-state index contributed by atoms with van der Waals surface area (Å²) in [4.78, 5) is 20.9. The van der Waals surface area contributed by atoms with Crippen LogP contribution in [0.4, 0.5) is 27.5 Å². The second-order valence-electron chi connectivity index (χ2n) is 4.52. The number of carboxylic acid groups (broad SMARTS) is 1. The Hall–Kier alpha value is -3.29. The maximum atomic E-state index is 10.7. The molecule has 0 fully saturated rings. The lowest BCUT2D eigenvalue weighted by Crippen LogP contribution is -2.06. The number of aryl methyl sites for hydroxylation is 1. The highest BCUT2D eigenvalue weighted by molar-refractivity contribution is 5.78. The van der Waals surface area contributed by atoms with E-state index in [4.69, 9.17) is 15.6 Å². The molecule has 0 saturated heterocycles. The molecule has 0 aliphatic rings. The fourth-order valence-corrected chi connectivity index (χ4v) is 1.83. The molecule has 0 amide bonds. The Morgan fingerprint density at radius 1 is 1.27 bits per heavy atom. The second kappa shape index (κ2) is 6.00. The molecule has 0 spiro atoms. The molecule has 0 radical (unpaired) electrons. The number of hydrogen-bond acceptors (Lipinski definition) is 6. The lowest BCUT2D eigenvalue weighted by atomic mass is 10.2. The predicted molar refractivity (Wildman–Crippen MR) is 80.6 cm³/mol. The molecule has 0 bridgehead atoms. The average Bonchev–Trinajstić information content (AvgIpc) is 2.42. The number of nitrogens with one attached hydrogen (secondary N) is 1. The molecule has 0 aliphatic heterocycles. The molecule has 2 rings (SSSR count). The van der Waals surface area contributed by atoms with Crippen molar-refractivity contribution in [2.75, 3.05) is 11.1 Å². The maximum absolute atomic E-state index is 10.7. The summed E-state index contributed by atoms with van der Waals surface area (Å²) in [7, 11) is 0. The average molecular weight is 303 g/mol. The Labute approximate surface area is 125 Å². The van der Waals surface area contributed by atoms with Gasteiger partial charge in [0.1, 0.15) is 0 Å². The summed E-state index contributed by atoms with van der Waals surface area (Å²) in [5.74, 6) is 0.116. The number of rotatable bonds is 4. The third-order valence-electron chi connectivity index (χ3n) is 2.85. The van der Waals surface area contributed by atoms with Gasteiger partial charge in [0.2, 0.25) is 0 Å². The summed E-state index contributed by atoms with van der Waals surface area (Å²) >= 11 is 0. The van der Waals surface area contributed by atoms with Crippen molar-refractivity contribution >= 4 is 28.9 Å². The Kier molecular flexibility index (Phi) is 4.12. The zero-order valence-electron chi connectivity index (χ0n) is 11.6. The van der Waals surface area contributed by atoms with Crippen LogP contribution in [-0.2, 0) is 0 Å². The minimum atomic E-state index is -1.44. The summed E-state index contributed by atoms with van der Waals surface area (Å²) in [6.07, 6.45) is -1.44. The van der Waals surface area contributed by atoms with Gasteiger partial charge in [0, 0.05) is 12.1 Å². The zero-order chi connectivity index (χ0) is 16.3. The van der Waals surface area contributed by atoms with Crippen molar-refractivity contribution in [3.05, 3.63) is 52.1 Å². The highest BCUT2D eigenvalue weighted by Crippen LogP contribution is 2.32. The number of carbonyl (C=O) groups is 1. The van der Waals surface area contributed by atoms with Gasteiger partial charge in [0.05, 0.1) is 22.0 Å². The van der Waals surface area contributed by atoms with E-state index in [2.05, 4.69) is 5.32 Å². The standard InChI is InChI=1S/C14H13N3O5/c1-8-2-4-12(13(6-8)22-14(18)19)16-11-5-3-9(17(20)21)7-10(11)15/h2-7,16H,15H2,1H3,(H,18,19). The summed E-state index contributed by atoms with van der Waals surface area (Å²) in [6, 6.07) is 8.90. The first-order valence-corrected chi connectivity index (χ1v) is 6.19. The van der Waals surface area contributed by atoms with Gasteiger partial charge in [-0.2, -0.15) is 0 Å². The first-order chi connectivity index (χ1) is 10.4. The zero-order valence-corrected chi connectivity index (χ0v) is 11.6. The number of benzene rings is 2. The minimum Gasteiger partial charge on any atom is -0.449 e. The number of nitro groups is 1. The van der Waals surface area contributed by atoms with E-state index in [9.17, 15) is 14.9 Å². The third-order valence-corrected chi connectivity index (χ3v) is 2.85. The van der Waals surface area contributed by atoms with Crippen LogP contribution < -0.4 is 15.8 Å². The molecule has 8 heteroatoms. The van der Waals surface area contributed by atoms with Crippen molar-refractivity contribution in [1.82, 2.24) is 0 Å². The Balaban J connectivity index is 2.34. The van der Waals surface area contributed by atoms with Crippen molar-refractivity contribution in [3.63, 3.8) is 0 Å². The van der Waals surface area contributed by atoms with E-state index < -0.39 is 11.1 Å². The van der Waals surface area contributed by atoms with Gasteiger partial charge >= 0.3 is 6.16 Å². The van der Waals surface area contributed by atoms with Crippen molar-refractivity contribution < 1.29 is 19.6 Å². The van der Waals surface area contributed by atoms with Crippen LogP contribution in [0.15, 0.2) is 36.4 Å². The smallest absolute Gasteiger partial charge is 0.449 e. The number of ether oxygens (including phenoxy) is 1. The minimum absolute atomic E-state index is 0.116. The van der Waals surface area contributed by atoms with Crippen molar-refractivity contribution in [2.45, 2.75) is 6.92 Å². The van der Waals surface area contributed by atoms with Crippen molar-refractivity contribution in [1.29, 1.82) is 0 Å². The molecule has 22 heavy (non-hydrogen) atoms. The summed E-state index contributed by atoms with van der Waals surface area (Å²) in [5, 5.41) is 22.3. The van der Waals surface area contributed by atoms with Crippen molar-refractivity contribution in [3.8, 4) is 5.75 Å². The fraction of sp³-hybridized carbons (Fsp3) is 0.0714. The molecular formula is C14H13N3O5. The van der Waals surface area contributed by atoms with E-state index in [-0.39, 0.29) is 17.1 Å². The molecule has 4 N–H and O–H groups in total. The van der Waals surface area contributed by atoms with Gasteiger partial charge in [-0.15, -0.1) is 0 Å². The number of nitrogens with two attached hydrogens (primary N) is 1. The number of nitrogen functional groups attached to an aromatic ring is 1. The van der Waals surface area contributed by atoms with Crippen molar-refractivity contribution in [2.24, 2.45) is 0 Å². The van der Waals surface area contributed by atoms with Gasteiger partial charge in [0.15, 0.2) is 5.75 Å². The molecule has 0 aromatic heterocycles. The number of nitro benzene ring substituents is 1. The summed E-state index contributed by atoms with van der Waals surface area (Å²) in [5.41, 5.74) is 7.40. The van der Waals surface area contributed by atoms with E-state index in [1.165, 1.54) is 18.2 Å². The van der Waals surface area contributed by atoms with Crippen LogP contribution >= 0.6 is 0 Å². The highest BCUT2D eigenvalue weighted by Gasteiger charge is 2.12. The topological polar surface area (TPSA) is 128 Å². The van der Waals surface area contributed by atoms with Crippen LogP contribution in [0.3, 0.4) is 0 Å². The molecule has 0 unspecified atom stereocenters. The maximum Gasteiger partial charge on any atom is 0.511 e. The van der Waals surface area contributed by atoms with Crippen LogP contribution in [-0.4, -0.2) is 16.2 Å². The van der Waals surface area contributed by atoms with E-state index in [0.717, 1.165) is 5.56 Å². The Morgan fingerprint density at radius 3 is 2.55 bits per heavy atom. The molecule has 2 aromatic rings. The second-order valence-corrected chi connectivity index (χ2v) is 4.52. The summed E-state index contributed by atoms with van der Waals surface area (Å²) in [6.45, 7) is 1.79. The van der Waals surface area contributed by atoms with Gasteiger partial charge in [-0.05, 0) is 30.7 Å². The van der Waals surface area contributed by atoms with E-state index >= 15 is 0 Å². The Bertz CT molecular complexity index is 745. The molecule has 0 saturated carbocycles.